The first-order valence-corrected chi connectivity index (χ1v) is 3.98. The Morgan fingerprint density at radius 2 is 1.73 bits per heavy atom. The lowest BCUT2D eigenvalue weighted by atomic mass is 9.96. The summed E-state index contributed by atoms with van der Waals surface area (Å²) in [4.78, 5) is 12.5. The highest BCUT2D eigenvalue weighted by molar-refractivity contribution is 5.51. The predicted octanol–water partition coefficient (Wildman–Crippen LogP) is 1.10. The van der Waals surface area contributed by atoms with Crippen molar-refractivity contribution in [1.82, 2.24) is 4.90 Å². The van der Waals surface area contributed by atoms with Crippen LogP contribution in [0, 0.1) is 0 Å². The minimum atomic E-state index is 0.330. The molecule has 0 radical (unpaired) electrons. The molecule has 0 saturated carbocycles. The van der Waals surface area contributed by atoms with E-state index in [0.29, 0.717) is 12.1 Å². The van der Waals surface area contributed by atoms with Gasteiger partial charge < -0.3 is 4.90 Å². The van der Waals surface area contributed by atoms with Crippen LogP contribution in [-0.4, -0.2) is 23.4 Å². The summed E-state index contributed by atoms with van der Waals surface area (Å²) in [5, 5.41) is 0. The molecular formula is C9H11NO. The lowest BCUT2D eigenvalue weighted by Crippen LogP contribution is -2.44. The molecule has 0 aromatic carbocycles. The van der Waals surface area contributed by atoms with Gasteiger partial charge in [-0.2, -0.15) is 0 Å². The van der Waals surface area contributed by atoms with Crippen molar-refractivity contribution in [3.8, 4) is 0 Å². The van der Waals surface area contributed by atoms with Gasteiger partial charge in [0.05, 0.1) is 12.1 Å². The fourth-order valence-corrected chi connectivity index (χ4v) is 1.75. The molecule has 2 heterocycles. The molecule has 2 rings (SSSR count). The van der Waals surface area contributed by atoms with Crippen LogP contribution in [-0.2, 0) is 4.79 Å². The van der Waals surface area contributed by atoms with Gasteiger partial charge in [0.2, 0.25) is 6.41 Å². The number of fused-ring (bicyclic) bond motifs is 2. The molecule has 58 valence electrons. The molecule has 2 atom stereocenters. The maximum Gasteiger partial charge on any atom is 0.210 e. The van der Waals surface area contributed by atoms with Gasteiger partial charge in [-0.3, -0.25) is 4.79 Å². The van der Waals surface area contributed by atoms with E-state index in [2.05, 4.69) is 24.3 Å². The molecule has 2 heteroatoms. The zero-order chi connectivity index (χ0) is 7.68. The number of rotatable bonds is 1. The third-order valence-electron chi connectivity index (χ3n) is 2.36. The molecular weight excluding hydrogens is 138 g/mol. The third-order valence-corrected chi connectivity index (χ3v) is 2.36. The summed E-state index contributed by atoms with van der Waals surface area (Å²) < 4.78 is 0. The molecule has 2 nitrogen and oxygen atoms in total. The third kappa shape index (κ3) is 0.985. The van der Waals surface area contributed by atoms with E-state index >= 15 is 0 Å². The lowest BCUT2D eigenvalue weighted by Gasteiger charge is -2.37. The Kier molecular flexibility index (Phi) is 1.53. The average Bonchev–Trinajstić information content (AvgIpc) is 2.03. The van der Waals surface area contributed by atoms with Gasteiger partial charge in [-0.1, -0.05) is 24.3 Å². The van der Waals surface area contributed by atoms with Crippen LogP contribution < -0.4 is 0 Å². The van der Waals surface area contributed by atoms with Gasteiger partial charge >= 0.3 is 0 Å². The van der Waals surface area contributed by atoms with Gasteiger partial charge in [-0.25, -0.2) is 0 Å². The Hall–Kier alpha value is -1.05. The van der Waals surface area contributed by atoms with Gasteiger partial charge in [0.1, 0.15) is 0 Å². The fraction of sp³-hybridized carbons (Fsp3) is 0.444. The van der Waals surface area contributed by atoms with Crippen LogP contribution in [0.25, 0.3) is 0 Å². The molecule has 2 aliphatic rings. The number of hydrogen-bond acceptors (Lipinski definition) is 1. The molecule has 0 fully saturated rings. The normalized spacial score (nSPS) is 34.0. The van der Waals surface area contributed by atoms with Gasteiger partial charge in [-0.15, -0.1) is 0 Å². The Morgan fingerprint density at radius 1 is 1.18 bits per heavy atom. The Morgan fingerprint density at radius 3 is 2.09 bits per heavy atom. The van der Waals surface area contributed by atoms with Gasteiger partial charge in [-0.05, 0) is 12.8 Å². The van der Waals surface area contributed by atoms with E-state index in [1.54, 1.807) is 0 Å². The highest BCUT2D eigenvalue weighted by atomic mass is 16.1. The van der Waals surface area contributed by atoms with Crippen molar-refractivity contribution < 1.29 is 4.79 Å². The standard InChI is InChI=1S/C9H11NO/c11-7-10-8-3-1-4-9(10)6-2-5-8/h1-3,6-9H,4-5H2. The van der Waals surface area contributed by atoms with Crippen molar-refractivity contribution in [2.24, 2.45) is 0 Å². The molecule has 0 saturated heterocycles. The van der Waals surface area contributed by atoms with E-state index in [0.717, 1.165) is 19.3 Å². The van der Waals surface area contributed by atoms with E-state index in [9.17, 15) is 4.79 Å². The summed E-state index contributed by atoms with van der Waals surface area (Å²) in [6.45, 7) is 0. The van der Waals surface area contributed by atoms with Crippen LogP contribution >= 0.6 is 0 Å². The van der Waals surface area contributed by atoms with Crippen LogP contribution in [0.4, 0.5) is 0 Å². The van der Waals surface area contributed by atoms with Crippen molar-refractivity contribution in [2.45, 2.75) is 24.9 Å². The van der Waals surface area contributed by atoms with Crippen LogP contribution in [0.15, 0.2) is 24.3 Å². The largest absolute Gasteiger partial charge is 0.332 e. The quantitative estimate of drug-likeness (QED) is 0.404. The SMILES string of the molecule is O=CN1C2C=CCC1C=CC2. The molecule has 0 spiro atoms. The maximum atomic E-state index is 10.6. The van der Waals surface area contributed by atoms with E-state index in [-0.39, 0.29) is 0 Å². The zero-order valence-corrected chi connectivity index (χ0v) is 6.31. The fourth-order valence-electron chi connectivity index (χ4n) is 1.75. The molecule has 0 aliphatic carbocycles. The average molecular weight is 149 g/mol. The monoisotopic (exact) mass is 149 g/mol. The second-order valence-electron chi connectivity index (χ2n) is 3.02. The summed E-state index contributed by atoms with van der Waals surface area (Å²) in [6.07, 6.45) is 11.5. The molecule has 11 heavy (non-hydrogen) atoms. The number of amides is 1. The minimum Gasteiger partial charge on any atom is -0.332 e. The zero-order valence-electron chi connectivity index (χ0n) is 6.31. The van der Waals surface area contributed by atoms with Crippen molar-refractivity contribution in [3.63, 3.8) is 0 Å². The topological polar surface area (TPSA) is 20.3 Å². The van der Waals surface area contributed by atoms with Crippen molar-refractivity contribution in [1.29, 1.82) is 0 Å². The van der Waals surface area contributed by atoms with E-state index in [1.807, 2.05) is 4.90 Å². The molecule has 2 aliphatic heterocycles. The van der Waals surface area contributed by atoms with E-state index in [1.165, 1.54) is 0 Å². The first-order valence-electron chi connectivity index (χ1n) is 3.98. The van der Waals surface area contributed by atoms with Gasteiger partial charge in [0.15, 0.2) is 0 Å². The van der Waals surface area contributed by atoms with Gasteiger partial charge in [0.25, 0.3) is 0 Å². The number of carbonyl (C=O) groups excluding carboxylic acids is 1. The van der Waals surface area contributed by atoms with Crippen LogP contribution in [0.3, 0.4) is 0 Å². The Labute approximate surface area is 66.2 Å². The number of nitrogens with zero attached hydrogens (tertiary/aromatic N) is 1. The number of carbonyl (C=O) groups is 1. The highest BCUT2D eigenvalue weighted by Gasteiger charge is 2.25. The van der Waals surface area contributed by atoms with Crippen molar-refractivity contribution >= 4 is 6.41 Å². The molecule has 2 bridgehead atoms. The molecule has 0 aromatic rings. The Balaban J connectivity index is 2.28. The summed E-state index contributed by atoms with van der Waals surface area (Å²) >= 11 is 0. The second kappa shape index (κ2) is 2.53. The van der Waals surface area contributed by atoms with Crippen LogP contribution in [0.1, 0.15) is 12.8 Å². The predicted molar refractivity (Wildman–Crippen MR) is 43.0 cm³/mol. The lowest BCUT2D eigenvalue weighted by molar-refractivity contribution is -0.121. The molecule has 2 unspecified atom stereocenters. The maximum absolute atomic E-state index is 10.6. The van der Waals surface area contributed by atoms with Crippen molar-refractivity contribution in [2.75, 3.05) is 0 Å². The van der Waals surface area contributed by atoms with Crippen LogP contribution in [0.2, 0.25) is 0 Å². The van der Waals surface area contributed by atoms with Crippen molar-refractivity contribution in [3.05, 3.63) is 24.3 Å². The van der Waals surface area contributed by atoms with E-state index < -0.39 is 0 Å². The smallest absolute Gasteiger partial charge is 0.210 e. The molecule has 1 amide bonds. The summed E-state index contributed by atoms with van der Waals surface area (Å²) in [5.74, 6) is 0. The van der Waals surface area contributed by atoms with E-state index in [4.69, 9.17) is 0 Å². The summed E-state index contributed by atoms with van der Waals surface area (Å²) in [7, 11) is 0. The molecule has 0 aromatic heterocycles. The first kappa shape index (κ1) is 6.65. The van der Waals surface area contributed by atoms with Crippen LogP contribution in [0.5, 0.6) is 0 Å². The van der Waals surface area contributed by atoms with Gasteiger partial charge in [0, 0.05) is 0 Å². The first-order chi connectivity index (χ1) is 5.42. The number of hydrogen-bond donors (Lipinski definition) is 0. The summed E-state index contributed by atoms with van der Waals surface area (Å²) in [5.41, 5.74) is 0. The Bertz CT molecular complexity index is 200. The highest BCUT2D eigenvalue weighted by Crippen LogP contribution is 2.23. The molecule has 0 N–H and O–H groups in total. The second-order valence-corrected chi connectivity index (χ2v) is 3.02. The summed E-state index contributed by atoms with van der Waals surface area (Å²) in [6, 6.07) is 0.660. The minimum absolute atomic E-state index is 0.330.